The number of amides is 1. The molecule has 1 amide bonds. The molecule has 0 radical (unpaired) electrons. The molecule has 29 heavy (non-hydrogen) atoms. The number of hydrogen-bond acceptors (Lipinski definition) is 3. The van der Waals surface area contributed by atoms with Gasteiger partial charge in [-0.05, 0) is 34.0 Å². The third-order valence-corrected chi connectivity index (χ3v) is 4.55. The van der Waals surface area contributed by atoms with E-state index in [4.69, 9.17) is 4.74 Å². The van der Waals surface area contributed by atoms with E-state index in [1.54, 1.807) is 6.21 Å². The zero-order valence-electron chi connectivity index (χ0n) is 15.8. The number of benzene rings is 4. The normalized spacial score (nSPS) is 10.9. The first-order valence-corrected chi connectivity index (χ1v) is 9.37. The van der Waals surface area contributed by atoms with Crippen LogP contribution in [0.4, 0.5) is 0 Å². The van der Waals surface area contributed by atoms with Gasteiger partial charge in [0.2, 0.25) is 0 Å². The lowest BCUT2D eigenvalue weighted by molar-refractivity contribution is -0.123. The van der Waals surface area contributed by atoms with Crippen LogP contribution in [0.3, 0.4) is 0 Å². The molecule has 0 spiro atoms. The van der Waals surface area contributed by atoms with Gasteiger partial charge in [0.25, 0.3) is 5.91 Å². The minimum atomic E-state index is -0.311. The van der Waals surface area contributed by atoms with Crippen LogP contribution >= 0.6 is 0 Å². The van der Waals surface area contributed by atoms with Gasteiger partial charge in [-0.15, -0.1) is 0 Å². The van der Waals surface area contributed by atoms with E-state index >= 15 is 0 Å². The van der Waals surface area contributed by atoms with E-state index in [9.17, 15) is 4.79 Å². The van der Waals surface area contributed by atoms with Crippen LogP contribution in [0.15, 0.2) is 102 Å². The molecule has 4 rings (SSSR count). The van der Waals surface area contributed by atoms with Gasteiger partial charge in [0.05, 0.1) is 6.21 Å². The molecule has 0 bridgehead atoms. The van der Waals surface area contributed by atoms with E-state index in [-0.39, 0.29) is 12.5 Å². The lowest BCUT2D eigenvalue weighted by atomic mass is 10.1. The highest BCUT2D eigenvalue weighted by Gasteiger charge is 2.03. The number of nitrogens with zero attached hydrogens (tertiary/aromatic N) is 1. The van der Waals surface area contributed by atoms with Crippen molar-refractivity contribution in [1.29, 1.82) is 0 Å². The summed E-state index contributed by atoms with van der Waals surface area (Å²) in [6.07, 6.45) is 1.65. The molecule has 0 heterocycles. The van der Waals surface area contributed by atoms with Crippen LogP contribution in [0.5, 0.6) is 5.75 Å². The van der Waals surface area contributed by atoms with Gasteiger partial charge in [-0.1, -0.05) is 84.9 Å². The minimum absolute atomic E-state index is 0.0996. The summed E-state index contributed by atoms with van der Waals surface area (Å²) in [6, 6.07) is 31.8. The average molecular weight is 380 g/mol. The highest BCUT2D eigenvalue weighted by atomic mass is 16.5. The van der Waals surface area contributed by atoms with E-state index < -0.39 is 0 Å². The molecule has 0 atom stereocenters. The lowest BCUT2D eigenvalue weighted by Crippen LogP contribution is -2.24. The highest BCUT2D eigenvalue weighted by Crippen LogP contribution is 2.22. The van der Waals surface area contributed by atoms with Crippen LogP contribution in [-0.2, 0) is 4.79 Å². The Labute approximate surface area is 169 Å². The largest absolute Gasteiger partial charge is 0.484 e. The molecule has 142 valence electrons. The van der Waals surface area contributed by atoms with Crippen molar-refractivity contribution in [2.24, 2.45) is 5.10 Å². The Morgan fingerprint density at radius 1 is 0.793 bits per heavy atom. The van der Waals surface area contributed by atoms with Gasteiger partial charge in [-0.25, -0.2) is 5.43 Å². The van der Waals surface area contributed by atoms with E-state index in [0.717, 1.165) is 27.5 Å². The van der Waals surface area contributed by atoms with Crippen LogP contribution in [-0.4, -0.2) is 18.7 Å². The van der Waals surface area contributed by atoms with Crippen LogP contribution in [0.2, 0.25) is 0 Å². The quantitative estimate of drug-likeness (QED) is 0.376. The molecule has 4 heteroatoms. The molecular formula is C25H20N2O2. The maximum absolute atomic E-state index is 12.0. The summed E-state index contributed by atoms with van der Waals surface area (Å²) < 4.78 is 5.55. The van der Waals surface area contributed by atoms with Gasteiger partial charge < -0.3 is 4.74 Å². The van der Waals surface area contributed by atoms with E-state index in [1.807, 2.05) is 84.9 Å². The number of fused-ring (bicyclic) bond motifs is 1. The fourth-order valence-electron chi connectivity index (χ4n) is 3.09. The zero-order chi connectivity index (χ0) is 19.9. The van der Waals surface area contributed by atoms with Gasteiger partial charge in [-0.3, -0.25) is 4.79 Å². The summed E-state index contributed by atoms with van der Waals surface area (Å²) in [5.74, 6) is 0.325. The van der Waals surface area contributed by atoms with Crippen LogP contribution < -0.4 is 10.2 Å². The van der Waals surface area contributed by atoms with Crippen molar-refractivity contribution in [2.45, 2.75) is 0 Å². The van der Waals surface area contributed by atoms with Crippen molar-refractivity contribution in [1.82, 2.24) is 5.43 Å². The number of hydrazone groups is 1. The third kappa shape index (κ3) is 4.68. The van der Waals surface area contributed by atoms with Crippen molar-refractivity contribution in [3.05, 3.63) is 103 Å². The first kappa shape index (κ1) is 18.4. The molecule has 0 aliphatic carbocycles. The second-order valence-electron chi connectivity index (χ2n) is 6.54. The highest BCUT2D eigenvalue weighted by molar-refractivity contribution is 5.99. The fraction of sp³-hybridized carbons (Fsp3) is 0.0400. The standard InChI is InChI=1S/C25H20N2O2/c28-25(27-26-17-22-11-6-10-21-9-4-5-12-24(21)22)18-29-23-15-13-20(14-16-23)19-7-2-1-3-8-19/h1-17H,18H2,(H,27,28). The van der Waals surface area contributed by atoms with Gasteiger partial charge in [-0.2, -0.15) is 5.10 Å². The smallest absolute Gasteiger partial charge is 0.277 e. The Morgan fingerprint density at radius 3 is 2.31 bits per heavy atom. The summed E-state index contributed by atoms with van der Waals surface area (Å²) in [6.45, 7) is -0.0996. The van der Waals surface area contributed by atoms with Crippen LogP contribution in [0.25, 0.3) is 21.9 Å². The average Bonchev–Trinajstić information content (AvgIpc) is 2.79. The molecule has 0 aliphatic heterocycles. The maximum atomic E-state index is 12.0. The lowest BCUT2D eigenvalue weighted by Gasteiger charge is -2.07. The maximum Gasteiger partial charge on any atom is 0.277 e. The summed E-state index contributed by atoms with van der Waals surface area (Å²) in [5, 5.41) is 6.27. The van der Waals surface area contributed by atoms with Crippen molar-refractivity contribution in [3.63, 3.8) is 0 Å². The molecule has 0 unspecified atom stereocenters. The van der Waals surface area contributed by atoms with E-state index in [1.165, 1.54) is 0 Å². The summed E-state index contributed by atoms with van der Waals surface area (Å²) in [4.78, 5) is 12.0. The molecule has 0 saturated carbocycles. The van der Waals surface area contributed by atoms with E-state index in [0.29, 0.717) is 5.75 Å². The zero-order valence-corrected chi connectivity index (χ0v) is 15.8. The molecule has 1 N–H and O–H groups in total. The molecule has 4 aromatic rings. The van der Waals surface area contributed by atoms with Crippen molar-refractivity contribution >= 4 is 22.9 Å². The second kappa shape index (κ2) is 8.85. The predicted molar refractivity (Wildman–Crippen MR) is 117 cm³/mol. The van der Waals surface area contributed by atoms with Crippen molar-refractivity contribution in [3.8, 4) is 16.9 Å². The fourth-order valence-corrected chi connectivity index (χ4v) is 3.09. The molecule has 0 aliphatic rings. The predicted octanol–water partition coefficient (Wildman–Crippen LogP) is 5.04. The molecule has 4 aromatic carbocycles. The number of carbonyl (C=O) groups excluding carboxylic acids is 1. The van der Waals surface area contributed by atoms with Gasteiger partial charge in [0.1, 0.15) is 5.75 Å². The van der Waals surface area contributed by atoms with Crippen molar-refractivity contribution < 1.29 is 9.53 Å². The molecule has 0 aromatic heterocycles. The third-order valence-electron chi connectivity index (χ3n) is 4.55. The number of carbonyl (C=O) groups is 1. The Balaban J connectivity index is 1.31. The number of nitrogens with one attached hydrogen (secondary N) is 1. The Morgan fingerprint density at radius 2 is 1.48 bits per heavy atom. The minimum Gasteiger partial charge on any atom is -0.484 e. The topological polar surface area (TPSA) is 50.7 Å². The van der Waals surface area contributed by atoms with Gasteiger partial charge >= 0.3 is 0 Å². The van der Waals surface area contributed by atoms with Crippen LogP contribution in [0, 0.1) is 0 Å². The monoisotopic (exact) mass is 380 g/mol. The Kier molecular flexibility index (Phi) is 5.63. The first-order valence-electron chi connectivity index (χ1n) is 9.37. The SMILES string of the molecule is O=C(COc1ccc(-c2ccccc2)cc1)NN=Cc1cccc2ccccc12. The summed E-state index contributed by atoms with van der Waals surface area (Å²) in [7, 11) is 0. The number of rotatable bonds is 6. The molecule has 4 nitrogen and oxygen atoms in total. The second-order valence-corrected chi connectivity index (χ2v) is 6.54. The Hall–Kier alpha value is -3.92. The number of ether oxygens (including phenoxy) is 1. The van der Waals surface area contributed by atoms with Gasteiger partial charge in [0, 0.05) is 5.56 Å². The molecule has 0 saturated heterocycles. The summed E-state index contributed by atoms with van der Waals surface area (Å²) >= 11 is 0. The summed E-state index contributed by atoms with van der Waals surface area (Å²) in [5.41, 5.74) is 5.69. The number of hydrogen-bond donors (Lipinski definition) is 1. The van der Waals surface area contributed by atoms with E-state index in [2.05, 4.69) is 22.7 Å². The van der Waals surface area contributed by atoms with Crippen LogP contribution in [0.1, 0.15) is 5.56 Å². The Bertz CT molecular complexity index is 1130. The molecule has 0 fully saturated rings. The van der Waals surface area contributed by atoms with Crippen molar-refractivity contribution in [2.75, 3.05) is 6.61 Å². The first-order chi connectivity index (χ1) is 14.3. The molecular weight excluding hydrogens is 360 g/mol. The van der Waals surface area contributed by atoms with Gasteiger partial charge in [0.15, 0.2) is 6.61 Å².